The van der Waals surface area contributed by atoms with Crippen LogP contribution in [-0.2, 0) is 0 Å². The van der Waals surface area contributed by atoms with E-state index >= 15 is 0 Å². The Morgan fingerprint density at radius 1 is 1.33 bits per heavy atom. The number of fused-ring (bicyclic) bond motifs is 1. The number of aromatic nitrogens is 2. The fourth-order valence-corrected chi connectivity index (χ4v) is 1.27. The third kappa shape index (κ3) is 1.01. The first-order valence-electron chi connectivity index (χ1n) is 3.97. The van der Waals surface area contributed by atoms with E-state index in [4.69, 9.17) is 0 Å². The molecule has 0 spiro atoms. The molecule has 0 radical (unpaired) electrons. The highest BCUT2D eigenvalue weighted by molar-refractivity contribution is 5.86. The Hall–Kier alpha value is -1.57. The van der Waals surface area contributed by atoms with Gasteiger partial charge in [0.1, 0.15) is 0 Å². The molecule has 2 nitrogen and oxygen atoms in total. The van der Waals surface area contributed by atoms with Gasteiger partial charge in [-0.3, -0.25) is 5.10 Å². The highest BCUT2D eigenvalue weighted by atomic mass is 15.1. The summed E-state index contributed by atoms with van der Waals surface area (Å²) in [6.07, 6.45) is 4.02. The van der Waals surface area contributed by atoms with Crippen LogP contribution in [0.5, 0.6) is 0 Å². The Labute approximate surface area is 70.9 Å². The first-order chi connectivity index (χ1) is 5.92. The van der Waals surface area contributed by atoms with Crippen molar-refractivity contribution in [1.29, 1.82) is 0 Å². The van der Waals surface area contributed by atoms with Crippen molar-refractivity contribution in [3.8, 4) is 0 Å². The summed E-state index contributed by atoms with van der Waals surface area (Å²) in [6, 6.07) is 8.07. The number of benzene rings is 1. The summed E-state index contributed by atoms with van der Waals surface area (Å²) in [5.74, 6) is 0. The Kier molecular flexibility index (Phi) is 1.67. The molecular formula is C10H10N2. The first-order valence-corrected chi connectivity index (χ1v) is 3.97. The summed E-state index contributed by atoms with van der Waals surface area (Å²) in [4.78, 5) is 0. The van der Waals surface area contributed by atoms with Crippen molar-refractivity contribution in [2.75, 3.05) is 0 Å². The zero-order valence-corrected chi connectivity index (χ0v) is 6.91. The lowest BCUT2D eigenvalue weighted by molar-refractivity contribution is 1.11. The Morgan fingerprint density at radius 3 is 3.00 bits per heavy atom. The lowest BCUT2D eigenvalue weighted by Gasteiger charge is -1.86. The van der Waals surface area contributed by atoms with Gasteiger partial charge >= 0.3 is 0 Å². The Bertz CT molecular complexity index is 412. The van der Waals surface area contributed by atoms with Gasteiger partial charge in [-0.05, 0) is 19.1 Å². The zero-order chi connectivity index (χ0) is 8.39. The summed E-state index contributed by atoms with van der Waals surface area (Å²) in [6.45, 7) is 2.00. The normalized spacial score (nSPS) is 11.4. The maximum Gasteiger partial charge on any atom is 0.0927 e. The number of aromatic amines is 1. The molecule has 1 aromatic heterocycles. The number of para-hydroxylation sites is 1. The van der Waals surface area contributed by atoms with Gasteiger partial charge in [0.15, 0.2) is 0 Å². The molecule has 0 amide bonds. The number of hydrogen-bond donors (Lipinski definition) is 1. The van der Waals surface area contributed by atoms with Crippen LogP contribution < -0.4 is 0 Å². The van der Waals surface area contributed by atoms with Crippen LogP contribution in [0.25, 0.3) is 17.0 Å². The van der Waals surface area contributed by atoms with E-state index < -0.39 is 0 Å². The van der Waals surface area contributed by atoms with E-state index in [2.05, 4.69) is 16.3 Å². The van der Waals surface area contributed by atoms with Crippen LogP contribution in [0, 0.1) is 0 Å². The van der Waals surface area contributed by atoms with Gasteiger partial charge in [0.25, 0.3) is 0 Å². The molecular weight excluding hydrogens is 148 g/mol. The van der Waals surface area contributed by atoms with Gasteiger partial charge in [0, 0.05) is 5.39 Å². The maximum absolute atomic E-state index is 4.16. The summed E-state index contributed by atoms with van der Waals surface area (Å²) in [5, 5.41) is 8.32. The van der Waals surface area contributed by atoms with E-state index in [1.165, 1.54) is 5.39 Å². The molecule has 12 heavy (non-hydrogen) atoms. The number of hydrogen-bond acceptors (Lipinski definition) is 1. The van der Waals surface area contributed by atoms with Gasteiger partial charge in [-0.2, -0.15) is 5.10 Å². The predicted molar refractivity (Wildman–Crippen MR) is 50.8 cm³/mol. The minimum Gasteiger partial charge on any atom is -0.277 e. The molecule has 1 N–H and O–H groups in total. The highest BCUT2D eigenvalue weighted by Gasteiger charge is 1.98. The van der Waals surface area contributed by atoms with E-state index in [9.17, 15) is 0 Å². The molecule has 2 aromatic rings. The van der Waals surface area contributed by atoms with Crippen LogP contribution in [0.3, 0.4) is 0 Å². The monoisotopic (exact) mass is 158 g/mol. The van der Waals surface area contributed by atoms with E-state index in [-0.39, 0.29) is 0 Å². The molecule has 0 fully saturated rings. The number of nitrogens with one attached hydrogen (secondary N) is 1. The third-order valence-corrected chi connectivity index (χ3v) is 1.82. The minimum absolute atomic E-state index is 1.02. The van der Waals surface area contributed by atoms with Crippen LogP contribution in [0.4, 0.5) is 0 Å². The Balaban J connectivity index is 2.70. The van der Waals surface area contributed by atoms with Gasteiger partial charge in [-0.1, -0.05) is 24.3 Å². The van der Waals surface area contributed by atoms with Crippen LogP contribution in [0.2, 0.25) is 0 Å². The van der Waals surface area contributed by atoms with Crippen molar-refractivity contribution in [3.63, 3.8) is 0 Å². The van der Waals surface area contributed by atoms with Crippen molar-refractivity contribution in [2.24, 2.45) is 0 Å². The van der Waals surface area contributed by atoms with Crippen LogP contribution in [-0.4, -0.2) is 10.2 Å². The van der Waals surface area contributed by atoms with Gasteiger partial charge < -0.3 is 0 Å². The van der Waals surface area contributed by atoms with E-state index in [0.29, 0.717) is 0 Å². The molecule has 0 bridgehead atoms. The number of nitrogens with zero attached hydrogens (tertiary/aromatic N) is 1. The maximum atomic E-state index is 4.16. The van der Waals surface area contributed by atoms with Gasteiger partial charge in [-0.25, -0.2) is 0 Å². The molecule has 2 rings (SSSR count). The predicted octanol–water partition coefficient (Wildman–Crippen LogP) is 2.60. The summed E-state index contributed by atoms with van der Waals surface area (Å²) >= 11 is 0. The molecule has 1 heterocycles. The minimum atomic E-state index is 1.02. The topological polar surface area (TPSA) is 28.7 Å². The first kappa shape index (κ1) is 7.10. The molecule has 0 aliphatic heterocycles. The highest BCUT2D eigenvalue weighted by Crippen LogP contribution is 2.15. The van der Waals surface area contributed by atoms with Gasteiger partial charge in [-0.15, -0.1) is 0 Å². The van der Waals surface area contributed by atoms with Gasteiger partial charge in [0.05, 0.1) is 11.2 Å². The average Bonchev–Trinajstić information content (AvgIpc) is 2.50. The van der Waals surface area contributed by atoms with E-state index in [1.807, 2.05) is 37.3 Å². The van der Waals surface area contributed by atoms with Crippen molar-refractivity contribution in [1.82, 2.24) is 10.2 Å². The lowest BCUT2D eigenvalue weighted by atomic mass is 10.2. The fraction of sp³-hybridized carbons (Fsp3) is 0.100. The van der Waals surface area contributed by atoms with Crippen molar-refractivity contribution < 1.29 is 0 Å². The molecule has 2 heteroatoms. The molecule has 60 valence electrons. The SMILES string of the molecule is C/C=C/c1[nH]nc2ccccc12. The second-order valence-electron chi connectivity index (χ2n) is 2.65. The number of H-pyrrole nitrogens is 1. The van der Waals surface area contributed by atoms with E-state index in [1.54, 1.807) is 0 Å². The summed E-state index contributed by atoms with van der Waals surface area (Å²) in [5.41, 5.74) is 2.10. The fourth-order valence-electron chi connectivity index (χ4n) is 1.27. The number of allylic oxidation sites excluding steroid dienone is 1. The molecule has 0 aliphatic carbocycles. The third-order valence-electron chi connectivity index (χ3n) is 1.82. The summed E-state index contributed by atoms with van der Waals surface area (Å²) < 4.78 is 0. The molecule has 0 saturated carbocycles. The Morgan fingerprint density at radius 2 is 2.17 bits per heavy atom. The smallest absolute Gasteiger partial charge is 0.0927 e. The quantitative estimate of drug-likeness (QED) is 0.679. The standard InChI is InChI=1S/C10H10N2/c1-2-5-9-8-6-3-4-7-10(8)12-11-9/h2-7H,1H3,(H,11,12)/b5-2+. The number of rotatable bonds is 1. The van der Waals surface area contributed by atoms with Crippen LogP contribution in [0.15, 0.2) is 30.3 Å². The molecule has 1 aromatic carbocycles. The van der Waals surface area contributed by atoms with Crippen LogP contribution >= 0.6 is 0 Å². The van der Waals surface area contributed by atoms with Crippen molar-refractivity contribution in [3.05, 3.63) is 36.0 Å². The second-order valence-corrected chi connectivity index (χ2v) is 2.65. The van der Waals surface area contributed by atoms with Gasteiger partial charge in [0.2, 0.25) is 0 Å². The lowest BCUT2D eigenvalue weighted by Crippen LogP contribution is -1.69. The zero-order valence-electron chi connectivity index (χ0n) is 6.91. The largest absolute Gasteiger partial charge is 0.277 e. The van der Waals surface area contributed by atoms with E-state index in [0.717, 1.165) is 11.2 Å². The molecule has 0 atom stereocenters. The summed E-state index contributed by atoms with van der Waals surface area (Å²) in [7, 11) is 0. The second kappa shape index (κ2) is 2.81. The molecule has 0 saturated heterocycles. The van der Waals surface area contributed by atoms with Crippen LogP contribution in [0.1, 0.15) is 12.6 Å². The van der Waals surface area contributed by atoms with Crippen molar-refractivity contribution in [2.45, 2.75) is 6.92 Å². The molecule has 0 aliphatic rings. The molecule has 0 unspecified atom stereocenters. The van der Waals surface area contributed by atoms with Crippen molar-refractivity contribution >= 4 is 17.0 Å². The average molecular weight is 158 g/mol.